The van der Waals surface area contributed by atoms with Gasteiger partial charge in [-0.15, -0.1) is 0 Å². The first-order chi connectivity index (χ1) is 10.0. The van der Waals surface area contributed by atoms with Gasteiger partial charge in [0.1, 0.15) is 11.6 Å². The van der Waals surface area contributed by atoms with Gasteiger partial charge in [0.2, 0.25) is 10.0 Å². The van der Waals surface area contributed by atoms with Crippen molar-refractivity contribution < 1.29 is 13.2 Å². The van der Waals surface area contributed by atoms with Crippen molar-refractivity contribution in [2.75, 3.05) is 19.5 Å². The quantitative estimate of drug-likeness (QED) is 0.847. The Morgan fingerprint density at radius 3 is 2.76 bits per heavy atom. The van der Waals surface area contributed by atoms with Crippen molar-refractivity contribution in [2.45, 2.75) is 11.4 Å². The SMILES string of the molecule is CNc1cc(S(=O)(=O)NCc2cccc(OC)c2)ccn1. The lowest BCUT2D eigenvalue weighted by atomic mass is 10.2. The van der Waals surface area contributed by atoms with Crippen LogP contribution in [0.2, 0.25) is 0 Å². The highest BCUT2D eigenvalue weighted by Gasteiger charge is 2.14. The molecule has 21 heavy (non-hydrogen) atoms. The largest absolute Gasteiger partial charge is 0.497 e. The summed E-state index contributed by atoms with van der Waals surface area (Å²) >= 11 is 0. The zero-order valence-corrected chi connectivity index (χ0v) is 12.6. The number of hydrogen-bond acceptors (Lipinski definition) is 5. The van der Waals surface area contributed by atoms with Gasteiger partial charge in [-0.2, -0.15) is 0 Å². The minimum Gasteiger partial charge on any atom is -0.497 e. The van der Waals surface area contributed by atoms with E-state index in [1.54, 1.807) is 26.3 Å². The number of anilines is 1. The summed E-state index contributed by atoms with van der Waals surface area (Å²) in [5, 5.41) is 2.81. The summed E-state index contributed by atoms with van der Waals surface area (Å²) in [4.78, 5) is 4.16. The van der Waals surface area contributed by atoms with E-state index >= 15 is 0 Å². The minimum absolute atomic E-state index is 0.171. The molecule has 1 aromatic carbocycles. The molecule has 0 radical (unpaired) electrons. The van der Waals surface area contributed by atoms with Crippen molar-refractivity contribution in [3.8, 4) is 5.75 Å². The number of benzene rings is 1. The molecule has 0 aliphatic rings. The Balaban J connectivity index is 2.13. The molecule has 1 aromatic heterocycles. The van der Waals surface area contributed by atoms with Crippen LogP contribution in [0.3, 0.4) is 0 Å². The van der Waals surface area contributed by atoms with E-state index in [0.717, 1.165) is 5.56 Å². The lowest BCUT2D eigenvalue weighted by Gasteiger charge is -2.09. The molecule has 0 atom stereocenters. The zero-order valence-electron chi connectivity index (χ0n) is 11.8. The summed E-state index contributed by atoms with van der Waals surface area (Å²) in [5.41, 5.74) is 0.820. The highest BCUT2D eigenvalue weighted by molar-refractivity contribution is 7.89. The molecule has 6 nitrogen and oxygen atoms in total. The lowest BCUT2D eigenvalue weighted by Crippen LogP contribution is -2.23. The van der Waals surface area contributed by atoms with Crippen LogP contribution in [0.4, 0.5) is 5.82 Å². The van der Waals surface area contributed by atoms with E-state index < -0.39 is 10.0 Å². The Bertz CT molecular complexity index is 717. The standard InChI is InChI=1S/C14H17N3O3S/c1-15-14-9-13(6-7-16-14)21(18,19)17-10-11-4-3-5-12(8-11)20-2/h3-9,17H,10H2,1-2H3,(H,15,16). The molecular weight excluding hydrogens is 290 g/mol. The summed E-state index contributed by atoms with van der Waals surface area (Å²) in [5.74, 6) is 1.19. The van der Waals surface area contributed by atoms with Crippen LogP contribution < -0.4 is 14.8 Å². The number of aromatic nitrogens is 1. The van der Waals surface area contributed by atoms with E-state index in [-0.39, 0.29) is 11.4 Å². The van der Waals surface area contributed by atoms with E-state index in [1.165, 1.54) is 18.3 Å². The van der Waals surface area contributed by atoms with Gasteiger partial charge in [-0.25, -0.2) is 18.1 Å². The fourth-order valence-corrected chi connectivity index (χ4v) is 2.79. The molecule has 0 saturated heterocycles. The van der Waals surface area contributed by atoms with Gasteiger partial charge >= 0.3 is 0 Å². The fraction of sp³-hybridized carbons (Fsp3) is 0.214. The van der Waals surface area contributed by atoms with Gasteiger partial charge in [0.25, 0.3) is 0 Å². The second-order valence-corrected chi connectivity index (χ2v) is 6.07. The first-order valence-electron chi connectivity index (χ1n) is 6.31. The number of nitrogens with one attached hydrogen (secondary N) is 2. The second-order valence-electron chi connectivity index (χ2n) is 4.30. The molecule has 2 aromatic rings. The van der Waals surface area contributed by atoms with E-state index in [1.807, 2.05) is 12.1 Å². The average Bonchev–Trinajstić information content (AvgIpc) is 2.53. The van der Waals surface area contributed by atoms with Gasteiger partial charge in [0.15, 0.2) is 0 Å². The lowest BCUT2D eigenvalue weighted by molar-refractivity contribution is 0.414. The van der Waals surface area contributed by atoms with Gasteiger partial charge in [0, 0.05) is 25.9 Å². The molecule has 2 N–H and O–H groups in total. The van der Waals surface area contributed by atoms with E-state index in [9.17, 15) is 8.42 Å². The van der Waals surface area contributed by atoms with Crippen LogP contribution in [0, 0.1) is 0 Å². The van der Waals surface area contributed by atoms with Crippen molar-refractivity contribution in [2.24, 2.45) is 0 Å². The highest BCUT2D eigenvalue weighted by Crippen LogP contribution is 2.15. The molecule has 1 heterocycles. The Labute approximate surface area is 124 Å². The maximum absolute atomic E-state index is 12.2. The molecule has 0 saturated carbocycles. The third kappa shape index (κ3) is 3.93. The Morgan fingerprint density at radius 1 is 1.24 bits per heavy atom. The number of pyridine rings is 1. The van der Waals surface area contributed by atoms with Crippen LogP contribution in [-0.4, -0.2) is 27.6 Å². The number of hydrogen-bond donors (Lipinski definition) is 2. The van der Waals surface area contributed by atoms with Crippen LogP contribution in [-0.2, 0) is 16.6 Å². The van der Waals surface area contributed by atoms with Crippen molar-refractivity contribution in [3.05, 3.63) is 48.2 Å². The summed E-state index contributed by atoms with van der Waals surface area (Å²) in [6.45, 7) is 0.191. The zero-order chi connectivity index (χ0) is 15.3. The van der Waals surface area contributed by atoms with Crippen molar-refractivity contribution in [3.63, 3.8) is 0 Å². The third-order valence-electron chi connectivity index (χ3n) is 2.90. The first kappa shape index (κ1) is 15.3. The van der Waals surface area contributed by atoms with Gasteiger partial charge in [-0.3, -0.25) is 0 Å². The molecule has 112 valence electrons. The monoisotopic (exact) mass is 307 g/mol. The molecule has 0 aliphatic heterocycles. The number of sulfonamides is 1. The predicted octanol–water partition coefficient (Wildman–Crippen LogP) is 1.61. The molecule has 7 heteroatoms. The van der Waals surface area contributed by atoms with Crippen LogP contribution in [0.25, 0.3) is 0 Å². The highest BCUT2D eigenvalue weighted by atomic mass is 32.2. The third-order valence-corrected chi connectivity index (χ3v) is 4.30. The predicted molar refractivity (Wildman–Crippen MR) is 80.8 cm³/mol. The van der Waals surface area contributed by atoms with Gasteiger partial charge in [-0.1, -0.05) is 12.1 Å². The number of rotatable bonds is 6. The molecule has 0 aliphatic carbocycles. The van der Waals surface area contributed by atoms with Gasteiger partial charge in [-0.05, 0) is 23.8 Å². The molecule has 2 rings (SSSR count). The normalized spacial score (nSPS) is 11.1. The van der Waals surface area contributed by atoms with Crippen molar-refractivity contribution in [1.29, 1.82) is 0 Å². The summed E-state index contributed by atoms with van der Waals surface area (Å²) in [6.07, 6.45) is 1.45. The molecule has 0 fully saturated rings. The van der Waals surface area contributed by atoms with Gasteiger partial charge in [0.05, 0.1) is 12.0 Å². The number of nitrogens with zero attached hydrogens (tertiary/aromatic N) is 1. The second kappa shape index (κ2) is 6.55. The summed E-state index contributed by atoms with van der Waals surface area (Å²) in [6, 6.07) is 10.2. The van der Waals surface area contributed by atoms with E-state index in [4.69, 9.17) is 4.74 Å². The van der Waals surface area contributed by atoms with Gasteiger partial charge < -0.3 is 10.1 Å². The smallest absolute Gasteiger partial charge is 0.241 e. The topological polar surface area (TPSA) is 80.3 Å². The molecular formula is C14H17N3O3S. The fourth-order valence-electron chi connectivity index (χ4n) is 1.76. The number of methoxy groups -OCH3 is 1. The Kier molecular flexibility index (Phi) is 4.77. The molecule has 0 spiro atoms. The molecule has 0 unspecified atom stereocenters. The van der Waals surface area contributed by atoms with Crippen molar-refractivity contribution in [1.82, 2.24) is 9.71 Å². The first-order valence-corrected chi connectivity index (χ1v) is 7.80. The van der Waals surface area contributed by atoms with Crippen LogP contribution in [0.15, 0.2) is 47.5 Å². The Hall–Kier alpha value is -2.12. The number of ether oxygens (including phenoxy) is 1. The van der Waals surface area contributed by atoms with Crippen LogP contribution in [0.1, 0.15) is 5.56 Å². The van der Waals surface area contributed by atoms with E-state index in [2.05, 4.69) is 15.0 Å². The Morgan fingerprint density at radius 2 is 2.05 bits per heavy atom. The van der Waals surface area contributed by atoms with Crippen molar-refractivity contribution >= 4 is 15.8 Å². The van der Waals surface area contributed by atoms with Crippen LogP contribution >= 0.6 is 0 Å². The van der Waals surface area contributed by atoms with E-state index in [0.29, 0.717) is 11.6 Å². The maximum Gasteiger partial charge on any atom is 0.241 e. The maximum atomic E-state index is 12.2. The van der Waals surface area contributed by atoms with Crippen LogP contribution in [0.5, 0.6) is 5.75 Å². The molecule has 0 amide bonds. The summed E-state index contributed by atoms with van der Waals surface area (Å²) < 4.78 is 32.1. The summed E-state index contributed by atoms with van der Waals surface area (Å²) in [7, 11) is -0.330. The average molecular weight is 307 g/mol. The minimum atomic E-state index is -3.58. The molecule has 0 bridgehead atoms.